The second-order valence-corrected chi connectivity index (χ2v) is 7.15. The molecule has 5 heteroatoms. The molecule has 3 rings (SSSR count). The summed E-state index contributed by atoms with van der Waals surface area (Å²) in [6.07, 6.45) is 0. The lowest BCUT2D eigenvalue weighted by atomic mass is 10.1. The molecule has 0 radical (unpaired) electrons. The molecule has 0 saturated carbocycles. The third kappa shape index (κ3) is 3.59. The molecule has 0 fully saturated rings. The lowest BCUT2D eigenvalue weighted by Crippen LogP contribution is -1.89. The second-order valence-electron chi connectivity index (χ2n) is 5.45. The Labute approximate surface area is 145 Å². The van der Waals surface area contributed by atoms with E-state index in [2.05, 4.69) is 43.1 Å². The highest BCUT2D eigenvalue weighted by Gasteiger charge is 2.16. The van der Waals surface area contributed by atoms with Crippen molar-refractivity contribution in [1.82, 2.24) is 10.2 Å². The van der Waals surface area contributed by atoms with Gasteiger partial charge in [0.15, 0.2) is 0 Å². The lowest BCUT2D eigenvalue weighted by Gasteiger charge is -2.10. The number of hydrogen-bond acceptors (Lipinski definition) is 4. The van der Waals surface area contributed by atoms with Gasteiger partial charge in [-0.1, -0.05) is 47.6 Å². The van der Waals surface area contributed by atoms with Gasteiger partial charge in [0.05, 0.1) is 0 Å². The monoisotopic (exact) mass is 344 g/mol. The van der Waals surface area contributed by atoms with E-state index in [0.717, 1.165) is 16.1 Å². The summed E-state index contributed by atoms with van der Waals surface area (Å²) in [5, 5.41) is 9.73. The summed E-state index contributed by atoms with van der Waals surface area (Å²) in [5.74, 6) is 0.543. The van der Waals surface area contributed by atoms with Crippen LogP contribution in [0.2, 0.25) is 5.02 Å². The van der Waals surface area contributed by atoms with Crippen LogP contribution in [-0.4, -0.2) is 10.2 Å². The highest BCUT2D eigenvalue weighted by molar-refractivity contribution is 7.99. The maximum Gasteiger partial charge on any atom is 0.277 e. The fourth-order valence-electron chi connectivity index (χ4n) is 2.27. The first kappa shape index (κ1) is 16.1. The quantitative estimate of drug-likeness (QED) is 0.555. The number of aromatic nitrogens is 2. The van der Waals surface area contributed by atoms with Crippen molar-refractivity contribution in [2.45, 2.75) is 31.2 Å². The predicted molar refractivity (Wildman–Crippen MR) is 94.9 cm³/mol. The van der Waals surface area contributed by atoms with Crippen LogP contribution < -0.4 is 0 Å². The van der Waals surface area contributed by atoms with Crippen LogP contribution in [0.25, 0.3) is 11.5 Å². The minimum Gasteiger partial charge on any atom is -0.411 e. The molecule has 3 nitrogen and oxygen atoms in total. The molecule has 118 valence electrons. The number of halogens is 1. The first-order chi connectivity index (χ1) is 11.0. The van der Waals surface area contributed by atoms with Crippen LogP contribution in [-0.2, 0) is 0 Å². The fraction of sp³-hybridized carbons (Fsp3) is 0.222. The van der Waals surface area contributed by atoms with Crippen molar-refractivity contribution in [1.29, 1.82) is 0 Å². The van der Waals surface area contributed by atoms with E-state index in [0.29, 0.717) is 11.1 Å². The molecule has 3 aromatic rings. The summed E-state index contributed by atoms with van der Waals surface area (Å²) in [6.45, 7) is 6.23. The number of aryl methyl sites for hydroxylation is 2. The van der Waals surface area contributed by atoms with E-state index in [1.54, 1.807) is 0 Å². The molecule has 1 atom stereocenters. The molecule has 1 heterocycles. The van der Waals surface area contributed by atoms with Gasteiger partial charge < -0.3 is 4.42 Å². The average Bonchev–Trinajstić information content (AvgIpc) is 2.99. The number of benzene rings is 2. The minimum atomic E-state index is 0.136. The average molecular weight is 345 g/mol. The van der Waals surface area contributed by atoms with Crippen molar-refractivity contribution < 1.29 is 4.42 Å². The molecule has 0 spiro atoms. The van der Waals surface area contributed by atoms with E-state index in [1.807, 2.05) is 30.3 Å². The number of thioether (sulfide) groups is 1. The normalized spacial score (nSPS) is 12.3. The second kappa shape index (κ2) is 6.77. The van der Waals surface area contributed by atoms with Gasteiger partial charge in [-0.2, -0.15) is 0 Å². The summed E-state index contributed by atoms with van der Waals surface area (Å²) in [6, 6.07) is 13.9. The van der Waals surface area contributed by atoms with Crippen LogP contribution in [0.5, 0.6) is 0 Å². The van der Waals surface area contributed by atoms with Gasteiger partial charge in [0.1, 0.15) is 0 Å². The van der Waals surface area contributed by atoms with E-state index in [1.165, 1.54) is 22.9 Å². The minimum absolute atomic E-state index is 0.136. The van der Waals surface area contributed by atoms with Gasteiger partial charge in [0.25, 0.3) is 5.22 Å². The van der Waals surface area contributed by atoms with Gasteiger partial charge in [-0.15, -0.1) is 10.2 Å². The molecule has 2 aromatic carbocycles. The van der Waals surface area contributed by atoms with Crippen molar-refractivity contribution in [2.24, 2.45) is 0 Å². The van der Waals surface area contributed by atoms with E-state index in [9.17, 15) is 0 Å². The van der Waals surface area contributed by atoms with Crippen molar-refractivity contribution >= 4 is 23.4 Å². The molecule has 0 amide bonds. The van der Waals surface area contributed by atoms with Crippen LogP contribution in [0.3, 0.4) is 0 Å². The van der Waals surface area contributed by atoms with Crippen molar-refractivity contribution in [3.8, 4) is 11.5 Å². The Morgan fingerprint density at radius 1 is 1.04 bits per heavy atom. The predicted octanol–water partition coefficient (Wildman–Crippen LogP) is 5.86. The lowest BCUT2D eigenvalue weighted by molar-refractivity contribution is 0.465. The highest BCUT2D eigenvalue weighted by Crippen LogP contribution is 2.38. The SMILES string of the molecule is Cc1ccc(-c2nnc(SC(C)c3ccccc3Cl)o2)cc1C. The standard InChI is InChI=1S/C18H17ClN2OS/c1-11-8-9-14(10-12(11)2)17-20-21-18(22-17)23-13(3)15-6-4-5-7-16(15)19/h4-10,13H,1-3H3. The molecule has 0 aliphatic rings. The molecule has 0 aliphatic heterocycles. The van der Waals surface area contributed by atoms with Crippen molar-refractivity contribution in [3.63, 3.8) is 0 Å². The third-order valence-corrected chi connectivity index (χ3v) is 5.10. The summed E-state index contributed by atoms with van der Waals surface area (Å²) < 4.78 is 5.79. The summed E-state index contributed by atoms with van der Waals surface area (Å²) in [7, 11) is 0. The molecule has 0 saturated heterocycles. The molecular formula is C18H17ClN2OS. The summed E-state index contributed by atoms with van der Waals surface area (Å²) in [4.78, 5) is 0. The van der Waals surface area contributed by atoms with Crippen LogP contribution in [0.1, 0.15) is 28.9 Å². The molecule has 0 N–H and O–H groups in total. The van der Waals surface area contributed by atoms with Gasteiger partial charge in [-0.05, 0) is 55.7 Å². The van der Waals surface area contributed by atoms with E-state index in [-0.39, 0.29) is 5.25 Å². The van der Waals surface area contributed by atoms with Gasteiger partial charge in [-0.25, -0.2) is 0 Å². The maximum absolute atomic E-state index is 6.24. The zero-order chi connectivity index (χ0) is 16.4. The Kier molecular flexibility index (Phi) is 4.74. The maximum atomic E-state index is 6.24. The van der Waals surface area contributed by atoms with Crippen LogP contribution in [0.4, 0.5) is 0 Å². The summed E-state index contributed by atoms with van der Waals surface area (Å²) in [5.41, 5.74) is 4.46. The van der Waals surface area contributed by atoms with Gasteiger partial charge in [0.2, 0.25) is 5.89 Å². The highest BCUT2D eigenvalue weighted by atomic mass is 35.5. The van der Waals surface area contributed by atoms with Gasteiger partial charge in [-0.3, -0.25) is 0 Å². The molecule has 0 aliphatic carbocycles. The van der Waals surface area contributed by atoms with E-state index >= 15 is 0 Å². The van der Waals surface area contributed by atoms with Crippen LogP contribution in [0, 0.1) is 13.8 Å². The van der Waals surface area contributed by atoms with Crippen LogP contribution >= 0.6 is 23.4 Å². The van der Waals surface area contributed by atoms with E-state index < -0.39 is 0 Å². The first-order valence-corrected chi connectivity index (χ1v) is 8.62. The molecular weight excluding hydrogens is 328 g/mol. The number of nitrogens with zero attached hydrogens (tertiary/aromatic N) is 2. The van der Waals surface area contributed by atoms with Crippen LogP contribution in [0.15, 0.2) is 52.1 Å². The number of rotatable bonds is 4. The Balaban J connectivity index is 1.79. The summed E-state index contributed by atoms with van der Waals surface area (Å²) >= 11 is 7.75. The smallest absolute Gasteiger partial charge is 0.277 e. The third-order valence-electron chi connectivity index (χ3n) is 3.78. The zero-order valence-electron chi connectivity index (χ0n) is 13.2. The Morgan fingerprint density at radius 3 is 2.57 bits per heavy atom. The van der Waals surface area contributed by atoms with Crippen molar-refractivity contribution in [2.75, 3.05) is 0 Å². The Bertz CT molecular complexity index is 831. The Hall–Kier alpha value is -1.78. The van der Waals surface area contributed by atoms with Gasteiger partial charge >= 0.3 is 0 Å². The topological polar surface area (TPSA) is 38.9 Å². The molecule has 1 aromatic heterocycles. The number of hydrogen-bond donors (Lipinski definition) is 0. The Morgan fingerprint density at radius 2 is 1.83 bits per heavy atom. The van der Waals surface area contributed by atoms with Crippen molar-refractivity contribution in [3.05, 3.63) is 64.2 Å². The first-order valence-electron chi connectivity index (χ1n) is 7.37. The molecule has 23 heavy (non-hydrogen) atoms. The van der Waals surface area contributed by atoms with E-state index in [4.69, 9.17) is 16.0 Å². The molecule has 1 unspecified atom stereocenters. The zero-order valence-corrected chi connectivity index (χ0v) is 14.8. The molecule has 0 bridgehead atoms. The fourth-order valence-corrected chi connectivity index (χ4v) is 3.48. The van der Waals surface area contributed by atoms with Gasteiger partial charge in [0, 0.05) is 15.8 Å². The largest absolute Gasteiger partial charge is 0.411 e.